The number of benzene rings is 2. The Balaban J connectivity index is 2.14. The third kappa shape index (κ3) is 4.42. The summed E-state index contributed by atoms with van der Waals surface area (Å²) >= 11 is 6.20. The predicted octanol–water partition coefficient (Wildman–Crippen LogP) is 4.95. The van der Waals surface area contributed by atoms with Crippen molar-refractivity contribution in [2.45, 2.75) is 26.2 Å². The molecule has 0 aliphatic carbocycles. The number of hydrogen-bond acceptors (Lipinski definition) is 3. The Labute approximate surface area is 147 Å². The highest BCUT2D eigenvalue weighted by molar-refractivity contribution is 6.34. The van der Waals surface area contributed by atoms with Gasteiger partial charge in [-0.1, -0.05) is 37.1 Å². The lowest BCUT2D eigenvalue weighted by Gasteiger charge is -2.13. The Kier molecular flexibility index (Phi) is 6.50. The number of carbonyl (C=O) groups is 1. The van der Waals surface area contributed by atoms with E-state index in [0.717, 1.165) is 19.3 Å². The predicted molar refractivity (Wildman–Crippen MR) is 97.6 cm³/mol. The number of carbonyl (C=O) groups excluding carboxylic acids is 1. The molecule has 5 heteroatoms. The molecule has 0 saturated heterocycles. The summed E-state index contributed by atoms with van der Waals surface area (Å²) in [4.78, 5) is 12.4. The van der Waals surface area contributed by atoms with Gasteiger partial charge < -0.3 is 14.8 Å². The van der Waals surface area contributed by atoms with Gasteiger partial charge in [-0.05, 0) is 30.5 Å². The van der Waals surface area contributed by atoms with E-state index in [1.807, 2.05) is 24.3 Å². The van der Waals surface area contributed by atoms with Gasteiger partial charge in [0.05, 0.1) is 24.9 Å². The maximum absolute atomic E-state index is 12.4. The van der Waals surface area contributed by atoms with Gasteiger partial charge in [0.2, 0.25) is 0 Å². The van der Waals surface area contributed by atoms with Crippen molar-refractivity contribution in [3.63, 3.8) is 0 Å². The molecule has 0 aliphatic rings. The van der Waals surface area contributed by atoms with Crippen LogP contribution in [0, 0.1) is 0 Å². The van der Waals surface area contributed by atoms with Crippen molar-refractivity contribution in [1.82, 2.24) is 0 Å². The van der Waals surface area contributed by atoms with Gasteiger partial charge >= 0.3 is 0 Å². The second kappa shape index (κ2) is 8.60. The van der Waals surface area contributed by atoms with Crippen LogP contribution in [0.5, 0.6) is 11.5 Å². The maximum atomic E-state index is 12.4. The van der Waals surface area contributed by atoms with Crippen LogP contribution in [0.2, 0.25) is 5.02 Å². The second-order valence-corrected chi connectivity index (χ2v) is 5.85. The van der Waals surface area contributed by atoms with Crippen LogP contribution in [0.15, 0.2) is 36.4 Å². The number of rotatable bonds is 7. The first-order chi connectivity index (χ1) is 11.6. The molecule has 0 fully saturated rings. The van der Waals surface area contributed by atoms with Gasteiger partial charge in [0.15, 0.2) is 11.5 Å². The minimum atomic E-state index is -0.217. The van der Waals surface area contributed by atoms with Gasteiger partial charge in [-0.2, -0.15) is 0 Å². The van der Waals surface area contributed by atoms with Crippen LogP contribution in [-0.4, -0.2) is 20.1 Å². The summed E-state index contributed by atoms with van der Waals surface area (Å²) in [5, 5.41) is 3.20. The van der Waals surface area contributed by atoms with Crippen molar-refractivity contribution < 1.29 is 14.3 Å². The zero-order valence-electron chi connectivity index (χ0n) is 14.2. The number of amides is 1. The molecule has 0 aliphatic heterocycles. The lowest BCUT2D eigenvalue weighted by Crippen LogP contribution is -2.12. The van der Waals surface area contributed by atoms with Gasteiger partial charge in [0.1, 0.15) is 0 Å². The number of halogens is 1. The molecule has 0 unspecified atom stereocenters. The van der Waals surface area contributed by atoms with Crippen LogP contribution in [-0.2, 0) is 6.42 Å². The molecule has 0 saturated carbocycles. The topological polar surface area (TPSA) is 47.6 Å². The molecule has 0 atom stereocenters. The van der Waals surface area contributed by atoms with Crippen molar-refractivity contribution in [2.75, 3.05) is 19.5 Å². The van der Waals surface area contributed by atoms with Crippen LogP contribution in [0.1, 0.15) is 35.7 Å². The highest BCUT2D eigenvalue weighted by Gasteiger charge is 2.13. The fourth-order valence-corrected chi connectivity index (χ4v) is 2.55. The van der Waals surface area contributed by atoms with Crippen molar-refractivity contribution in [3.05, 3.63) is 52.5 Å². The van der Waals surface area contributed by atoms with Crippen LogP contribution >= 0.6 is 11.6 Å². The van der Waals surface area contributed by atoms with E-state index in [2.05, 4.69) is 12.2 Å². The molecule has 128 valence electrons. The van der Waals surface area contributed by atoms with Crippen LogP contribution in [0.25, 0.3) is 0 Å². The molecule has 2 aromatic carbocycles. The molecule has 0 bridgehead atoms. The molecule has 0 aromatic heterocycles. The third-order valence-electron chi connectivity index (χ3n) is 3.76. The maximum Gasteiger partial charge on any atom is 0.255 e. The number of methoxy groups -OCH3 is 2. The lowest BCUT2D eigenvalue weighted by molar-refractivity contribution is 0.102. The molecule has 0 spiro atoms. The minimum absolute atomic E-state index is 0.217. The third-order valence-corrected chi connectivity index (χ3v) is 4.07. The largest absolute Gasteiger partial charge is 0.493 e. The molecule has 1 amide bonds. The van der Waals surface area contributed by atoms with E-state index in [4.69, 9.17) is 21.1 Å². The number of aryl methyl sites for hydroxylation is 1. The monoisotopic (exact) mass is 347 g/mol. The number of hydrogen-bond donors (Lipinski definition) is 1. The average molecular weight is 348 g/mol. The summed E-state index contributed by atoms with van der Waals surface area (Å²) in [5.74, 6) is 0.805. The first-order valence-corrected chi connectivity index (χ1v) is 8.28. The quantitative estimate of drug-likeness (QED) is 0.770. The Bertz CT molecular complexity index is 699. The molecule has 0 heterocycles. The summed E-state index contributed by atoms with van der Waals surface area (Å²) in [5.41, 5.74) is 2.30. The van der Waals surface area contributed by atoms with Gasteiger partial charge in [-0.15, -0.1) is 0 Å². The normalized spacial score (nSPS) is 10.3. The molecule has 1 N–H and O–H groups in total. The zero-order chi connectivity index (χ0) is 17.5. The number of ether oxygens (including phenoxy) is 2. The molecule has 2 rings (SSSR count). The van der Waals surface area contributed by atoms with Crippen molar-refractivity contribution in [2.24, 2.45) is 0 Å². The van der Waals surface area contributed by atoms with E-state index >= 15 is 0 Å². The highest BCUT2D eigenvalue weighted by Crippen LogP contribution is 2.36. The Morgan fingerprint density at radius 1 is 1.08 bits per heavy atom. The van der Waals surface area contributed by atoms with Crippen LogP contribution in [0.3, 0.4) is 0 Å². The van der Waals surface area contributed by atoms with Gasteiger partial charge in [0, 0.05) is 17.7 Å². The van der Waals surface area contributed by atoms with E-state index in [9.17, 15) is 4.79 Å². The van der Waals surface area contributed by atoms with Gasteiger partial charge in [0.25, 0.3) is 5.91 Å². The summed E-state index contributed by atoms with van der Waals surface area (Å²) in [6, 6.07) is 10.9. The molecule has 4 nitrogen and oxygen atoms in total. The Hall–Kier alpha value is -2.20. The molecule has 24 heavy (non-hydrogen) atoms. The highest BCUT2D eigenvalue weighted by atomic mass is 35.5. The first kappa shape index (κ1) is 18.1. The van der Waals surface area contributed by atoms with Crippen molar-refractivity contribution in [3.8, 4) is 11.5 Å². The van der Waals surface area contributed by atoms with Crippen LogP contribution < -0.4 is 14.8 Å². The summed E-state index contributed by atoms with van der Waals surface area (Å²) in [6.45, 7) is 2.16. The minimum Gasteiger partial charge on any atom is -0.493 e. The summed E-state index contributed by atoms with van der Waals surface area (Å²) in [7, 11) is 3.07. The average Bonchev–Trinajstić information content (AvgIpc) is 2.61. The van der Waals surface area contributed by atoms with E-state index in [0.29, 0.717) is 27.8 Å². The molecular weight excluding hydrogens is 326 g/mol. The smallest absolute Gasteiger partial charge is 0.255 e. The summed E-state index contributed by atoms with van der Waals surface area (Å²) < 4.78 is 10.4. The van der Waals surface area contributed by atoms with E-state index < -0.39 is 0 Å². The standard InChI is InChI=1S/C19H22ClNO3/c1-4-5-6-13-7-9-14(10-8-13)19(22)21-16-12-18(24-3)17(23-2)11-15(16)20/h7-12H,4-6H2,1-3H3,(H,21,22). The lowest BCUT2D eigenvalue weighted by atomic mass is 10.1. The molecule has 2 aromatic rings. The fourth-order valence-electron chi connectivity index (χ4n) is 2.35. The van der Waals surface area contributed by atoms with Crippen LogP contribution in [0.4, 0.5) is 5.69 Å². The SMILES string of the molecule is CCCCc1ccc(C(=O)Nc2cc(OC)c(OC)cc2Cl)cc1. The number of anilines is 1. The number of unbranched alkanes of at least 4 members (excludes halogenated alkanes) is 1. The fraction of sp³-hybridized carbons (Fsp3) is 0.316. The number of nitrogens with one attached hydrogen (secondary N) is 1. The molecule has 0 radical (unpaired) electrons. The first-order valence-electron chi connectivity index (χ1n) is 7.90. The van der Waals surface area contributed by atoms with E-state index in [1.54, 1.807) is 12.1 Å². The van der Waals surface area contributed by atoms with Gasteiger partial charge in [-0.25, -0.2) is 0 Å². The van der Waals surface area contributed by atoms with Crippen molar-refractivity contribution in [1.29, 1.82) is 0 Å². The Morgan fingerprint density at radius 3 is 2.29 bits per heavy atom. The van der Waals surface area contributed by atoms with Gasteiger partial charge in [-0.3, -0.25) is 4.79 Å². The summed E-state index contributed by atoms with van der Waals surface area (Å²) in [6.07, 6.45) is 3.33. The zero-order valence-corrected chi connectivity index (χ0v) is 14.9. The second-order valence-electron chi connectivity index (χ2n) is 5.44. The van der Waals surface area contributed by atoms with E-state index in [-0.39, 0.29) is 5.91 Å². The van der Waals surface area contributed by atoms with Crippen molar-refractivity contribution >= 4 is 23.2 Å². The van der Waals surface area contributed by atoms with E-state index in [1.165, 1.54) is 19.8 Å². The molecular formula is C19H22ClNO3. The Morgan fingerprint density at radius 2 is 1.71 bits per heavy atom.